The molecule has 4 nitrogen and oxygen atoms in total. The minimum atomic E-state index is -0.348. The van der Waals surface area contributed by atoms with E-state index in [0.29, 0.717) is 32.8 Å². The van der Waals surface area contributed by atoms with Gasteiger partial charge >= 0.3 is 16.2 Å². The first-order valence-corrected chi connectivity index (χ1v) is 9.52. The molecule has 124 valence electrons. The SMILES string of the molecule is CCOC(=O)Cc1csc2[n+]1C(=O)/C(=C/c1cccc(Cl)c1Cl)S2. The Kier molecular flexibility index (Phi) is 5.30. The van der Waals surface area contributed by atoms with Crippen LogP contribution in [0.2, 0.25) is 10.0 Å². The van der Waals surface area contributed by atoms with E-state index in [2.05, 4.69) is 0 Å². The van der Waals surface area contributed by atoms with Crippen molar-refractivity contribution in [3.8, 4) is 0 Å². The molecule has 1 aromatic carbocycles. The summed E-state index contributed by atoms with van der Waals surface area (Å²) in [6.07, 6.45) is 1.79. The highest BCUT2D eigenvalue weighted by Crippen LogP contribution is 2.37. The molecule has 3 rings (SSSR count). The third-order valence-corrected chi connectivity index (χ3v) is 6.29. The van der Waals surface area contributed by atoms with Crippen molar-refractivity contribution in [2.24, 2.45) is 0 Å². The Morgan fingerprint density at radius 3 is 2.92 bits per heavy atom. The van der Waals surface area contributed by atoms with E-state index < -0.39 is 0 Å². The van der Waals surface area contributed by atoms with Crippen molar-refractivity contribution in [3.63, 3.8) is 0 Å². The maximum Gasteiger partial charge on any atom is 0.433 e. The van der Waals surface area contributed by atoms with Crippen LogP contribution >= 0.6 is 46.3 Å². The summed E-state index contributed by atoms with van der Waals surface area (Å²) in [5.41, 5.74) is 1.31. The number of thioether (sulfide) groups is 1. The van der Waals surface area contributed by atoms with E-state index in [1.54, 1.807) is 41.1 Å². The molecule has 0 saturated heterocycles. The van der Waals surface area contributed by atoms with Gasteiger partial charge in [0.25, 0.3) is 0 Å². The second-order valence-corrected chi connectivity index (χ2v) is 7.80. The number of carbonyl (C=O) groups excluding carboxylic acids is 2. The van der Waals surface area contributed by atoms with Crippen molar-refractivity contribution in [2.75, 3.05) is 6.61 Å². The summed E-state index contributed by atoms with van der Waals surface area (Å²) >= 11 is 15.0. The van der Waals surface area contributed by atoms with E-state index in [1.807, 2.05) is 0 Å². The number of ether oxygens (including phenoxy) is 1. The molecule has 0 amide bonds. The number of halogens is 2. The quantitative estimate of drug-likeness (QED) is 0.437. The molecule has 1 aliphatic heterocycles. The van der Waals surface area contributed by atoms with E-state index in [4.69, 9.17) is 27.9 Å². The monoisotopic (exact) mass is 400 g/mol. The van der Waals surface area contributed by atoms with Crippen LogP contribution in [-0.4, -0.2) is 18.5 Å². The van der Waals surface area contributed by atoms with Gasteiger partial charge in [-0.05, 0) is 24.6 Å². The van der Waals surface area contributed by atoms with Gasteiger partial charge in [-0.25, -0.2) is 4.79 Å². The zero-order valence-electron chi connectivity index (χ0n) is 12.5. The number of nitrogens with zero attached hydrogens (tertiary/aromatic N) is 1. The lowest BCUT2D eigenvalue weighted by atomic mass is 10.2. The second-order valence-electron chi connectivity index (χ2n) is 4.87. The molecule has 24 heavy (non-hydrogen) atoms. The molecule has 2 aromatic rings. The maximum atomic E-state index is 12.7. The standard InChI is InChI=1S/C16H12Cl2NO3S2/c1-2-22-13(20)7-10-8-23-16-19(10)15(21)12(24-16)6-9-4-3-5-11(17)14(9)18/h3-6,8H,2,7H2,1H3/q+1/b12-6-. The minimum absolute atomic E-state index is 0.0713. The number of thiazole rings is 1. The first-order chi connectivity index (χ1) is 11.5. The van der Waals surface area contributed by atoms with Gasteiger partial charge in [-0.3, -0.25) is 4.79 Å². The molecule has 0 spiro atoms. The summed E-state index contributed by atoms with van der Waals surface area (Å²) < 4.78 is 7.31. The Morgan fingerprint density at radius 1 is 1.38 bits per heavy atom. The molecule has 2 heterocycles. The first kappa shape index (κ1) is 17.5. The number of aromatic nitrogens is 1. The summed E-state index contributed by atoms with van der Waals surface area (Å²) in [4.78, 5) is 24.9. The van der Waals surface area contributed by atoms with Gasteiger partial charge < -0.3 is 4.74 Å². The summed E-state index contributed by atoms with van der Waals surface area (Å²) in [5.74, 6) is -0.523. The van der Waals surface area contributed by atoms with Crippen molar-refractivity contribution in [1.29, 1.82) is 0 Å². The average Bonchev–Trinajstić information content (AvgIpc) is 3.06. The third-order valence-electron chi connectivity index (χ3n) is 3.28. The fourth-order valence-electron chi connectivity index (χ4n) is 2.22. The van der Waals surface area contributed by atoms with Gasteiger partial charge in [0.15, 0.2) is 0 Å². The fraction of sp³-hybridized carbons (Fsp3) is 0.188. The number of carbonyl (C=O) groups is 2. The summed E-state index contributed by atoms with van der Waals surface area (Å²) in [6.45, 7) is 2.07. The molecule has 0 unspecified atom stereocenters. The zero-order chi connectivity index (χ0) is 17.3. The van der Waals surface area contributed by atoms with Gasteiger partial charge in [0.05, 0.1) is 22.0 Å². The molecule has 0 saturated carbocycles. The maximum absolute atomic E-state index is 12.7. The molecule has 0 N–H and O–H groups in total. The molecular weight excluding hydrogens is 389 g/mol. The van der Waals surface area contributed by atoms with E-state index in [-0.39, 0.29) is 18.3 Å². The highest BCUT2D eigenvalue weighted by Gasteiger charge is 2.41. The lowest BCUT2D eigenvalue weighted by molar-refractivity contribution is -0.607. The molecule has 0 radical (unpaired) electrons. The molecule has 8 heteroatoms. The van der Waals surface area contributed by atoms with Crippen LogP contribution in [0.1, 0.15) is 23.0 Å². The van der Waals surface area contributed by atoms with Crippen LogP contribution in [0.5, 0.6) is 0 Å². The lowest BCUT2D eigenvalue weighted by Crippen LogP contribution is -2.43. The van der Waals surface area contributed by atoms with Crippen molar-refractivity contribution in [1.82, 2.24) is 0 Å². The van der Waals surface area contributed by atoms with Crippen molar-refractivity contribution >= 4 is 64.3 Å². The van der Waals surface area contributed by atoms with E-state index in [0.717, 1.165) is 4.34 Å². The molecular formula is C16H12Cl2NO3S2+. The number of allylic oxidation sites excluding steroid dienone is 1. The topological polar surface area (TPSA) is 47.2 Å². The molecule has 0 aliphatic carbocycles. The average molecular weight is 401 g/mol. The smallest absolute Gasteiger partial charge is 0.433 e. The fourth-order valence-corrected chi connectivity index (χ4v) is 4.76. The van der Waals surface area contributed by atoms with Crippen LogP contribution in [-0.2, 0) is 16.0 Å². The summed E-state index contributed by atoms with van der Waals surface area (Å²) in [5, 5.41) is 2.65. The second kappa shape index (κ2) is 7.27. The van der Waals surface area contributed by atoms with Gasteiger partial charge in [0.2, 0.25) is 5.69 Å². The van der Waals surface area contributed by atoms with E-state index >= 15 is 0 Å². The highest BCUT2D eigenvalue weighted by molar-refractivity contribution is 8.05. The van der Waals surface area contributed by atoms with Gasteiger partial charge in [-0.2, -0.15) is 0 Å². The number of benzene rings is 1. The Hall–Kier alpha value is -1.34. The lowest BCUT2D eigenvalue weighted by Gasteiger charge is -2.00. The van der Waals surface area contributed by atoms with Crippen LogP contribution in [0, 0.1) is 0 Å². The predicted molar refractivity (Wildman–Crippen MR) is 95.8 cm³/mol. The van der Waals surface area contributed by atoms with E-state index in [9.17, 15) is 9.59 Å². The van der Waals surface area contributed by atoms with Gasteiger partial charge in [-0.1, -0.05) is 46.7 Å². The molecule has 1 aliphatic rings. The zero-order valence-corrected chi connectivity index (χ0v) is 15.7. The third kappa shape index (κ3) is 3.37. The Morgan fingerprint density at radius 2 is 2.17 bits per heavy atom. The first-order valence-electron chi connectivity index (χ1n) is 7.07. The Bertz CT molecular complexity index is 861. The number of hydrogen-bond donors (Lipinski definition) is 0. The predicted octanol–water partition coefficient (Wildman–Crippen LogP) is 4.24. The summed E-state index contributed by atoms with van der Waals surface area (Å²) in [7, 11) is 0. The van der Waals surface area contributed by atoms with Crippen molar-refractivity contribution in [2.45, 2.75) is 17.7 Å². The van der Waals surface area contributed by atoms with Crippen LogP contribution in [0.3, 0.4) is 0 Å². The number of fused-ring (bicyclic) bond motifs is 1. The normalized spacial score (nSPS) is 15.0. The summed E-state index contributed by atoms with van der Waals surface area (Å²) in [6, 6.07) is 5.27. The van der Waals surface area contributed by atoms with Gasteiger partial charge in [0, 0.05) is 11.8 Å². The Labute approximate surface area is 157 Å². The van der Waals surface area contributed by atoms with Crippen LogP contribution in [0.15, 0.2) is 32.8 Å². The largest absolute Gasteiger partial charge is 0.466 e. The molecule has 0 bridgehead atoms. The minimum Gasteiger partial charge on any atom is -0.466 e. The molecule has 0 fully saturated rings. The van der Waals surface area contributed by atoms with Gasteiger partial charge in [-0.15, -0.1) is 4.57 Å². The molecule has 1 aromatic heterocycles. The van der Waals surface area contributed by atoms with Crippen molar-refractivity contribution in [3.05, 3.63) is 49.8 Å². The van der Waals surface area contributed by atoms with E-state index in [1.165, 1.54) is 23.1 Å². The number of esters is 1. The van der Waals surface area contributed by atoms with Crippen LogP contribution in [0.25, 0.3) is 6.08 Å². The van der Waals surface area contributed by atoms with Crippen molar-refractivity contribution < 1.29 is 18.9 Å². The number of hydrogen-bond acceptors (Lipinski definition) is 5. The molecule has 0 atom stereocenters. The Balaban J connectivity index is 1.89. The van der Waals surface area contributed by atoms with Crippen LogP contribution in [0.4, 0.5) is 0 Å². The highest BCUT2D eigenvalue weighted by atomic mass is 35.5. The van der Waals surface area contributed by atoms with Crippen LogP contribution < -0.4 is 4.57 Å². The number of rotatable bonds is 4. The van der Waals surface area contributed by atoms with Gasteiger partial charge in [0.1, 0.15) is 11.3 Å².